The van der Waals surface area contributed by atoms with Gasteiger partial charge in [0.1, 0.15) is 5.75 Å². The number of ether oxygens (including phenoxy) is 1. The molecule has 0 aliphatic heterocycles. The molecular formula is C20H28N4O2. The van der Waals surface area contributed by atoms with Crippen molar-refractivity contribution in [1.29, 1.82) is 0 Å². The fourth-order valence-electron chi connectivity index (χ4n) is 2.79. The minimum absolute atomic E-state index is 0.00677. The highest BCUT2D eigenvalue weighted by molar-refractivity contribution is 5.74. The van der Waals surface area contributed by atoms with E-state index in [0.717, 1.165) is 35.5 Å². The number of nitrogens with zero attached hydrogens (tertiary/aromatic N) is 2. The van der Waals surface area contributed by atoms with Crippen molar-refractivity contribution in [1.82, 2.24) is 20.4 Å². The number of amides is 2. The Labute approximate surface area is 154 Å². The van der Waals surface area contributed by atoms with Gasteiger partial charge in [0.05, 0.1) is 25.0 Å². The normalized spacial score (nSPS) is 14.2. The summed E-state index contributed by atoms with van der Waals surface area (Å²) in [6.07, 6.45) is 2.14. The van der Waals surface area contributed by atoms with Crippen molar-refractivity contribution < 1.29 is 9.53 Å². The lowest BCUT2D eigenvalue weighted by atomic mass is 9.92. The quantitative estimate of drug-likeness (QED) is 0.831. The van der Waals surface area contributed by atoms with Gasteiger partial charge in [-0.2, -0.15) is 5.10 Å². The first-order valence-corrected chi connectivity index (χ1v) is 9.09. The largest absolute Gasteiger partial charge is 0.497 e. The molecule has 1 saturated carbocycles. The number of aromatic amines is 1. The highest BCUT2D eigenvalue weighted by Crippen LogP contribution is 2.29. The number of aromatic nitrogens is 2. The van der Waals surface area contributed by atoms with E-state index in [4.69, 9.17) is 4.74 Å². The highest BCUT2D eigenvalue weighted by Gasteiger charge is 2.32. The van der Waals surface area contributed by atoms with E-state index < -0.39 is 0 Å². The second-order valence-corrected chi connectivity index (χ2v) is 7.89. The Bertz CT molecular complexity index is 742. The number of H-pyrrole nitrogens is 1. The van der Waals surface area contributed by atoms with Crippen molar-refractivity contribution in [2.24, 2.45) is 0 Å². The molecule has 0 spiro atoms. The molecule has 0 atom stereocenters. The van der Waals surface area contributed by atoms with E-state index in [-0.39, 0.29) is 11.4 Å². The summed E-state index contributed by atoms with van der Waals surface area (Å²) in [6, 6.07) is 10.2. The van der Waals surface area contributed by atoms with Gasteiger partial charge >= 0.3 is 6.03 Å². The van der Waals surface area contributed by atoms with Crippen LogP contribution in [0.25, 0.3) is 0 Å². The lowest BCUT2D eigenvalue weighted by Crippen LogP contribution is -2.40. The average molecular weight is 356 g/mol. The minimum Gasteiger partial charge on any atom is -0.497 e. The maximum Gasteiger partial charge on any atom is 0.318 e. The van der Waals surface area contributed by atoms with Crippen molar-refractivity contribution in [3.05, 3.63) is 47.3 Å². The summed E-state index contributed by atoms with van der Waals surface area (Å²) >= 11 is 0. The molecule has 1 aromatic heterocycles. The average Bonchev–Trinajstić information content (AvgIpc) is 3.33. The number of hydrogen-bond donors (Lipinski definition) is 2. The van der Waals surface area contributed by atoms with Crippen LogP contribution in [0.5, 0.6) is 5.75 Å². The Balaban J connectivity index is 1.59. The number of carbonyl (C=O) groups excluding carboxylic acids is 1. The molecule has 2 N–H and O–H groups in total. The monoisotopic (exact) mass is 356 g/mol. The van der Waals surface area contributed by atoms with Crippen molar-refractivity contribution >= 4 is 6.03 Å². The molecule has 26 heavy (non-hydrogen) atoms. The molecule has 0 unspecified atom stereocenters. The van der Waals surface area contributed by atoms with Crippen LogP contribution in [-0.2, 0) is 18.5 Å². The number of hydrogen-bond acceptors (Lipinski definition) is 3. The molecule has 0 radical (unpaired) electrons. The molecule has 1 heterocycles. The standard InChI is InChI=1S/C20H28N4O2/c1-20(2,3)18-11-15(22-23-18)12-21-19(25)24(16-7-8-16)13-14-5-9-17(26-4)10-6-14/h5-6,9-11,16H,7-8,12-13H2,1-4H3,(H,21,25)(H,22,23). The summed E-state index contributed by atoms with van der Waals surface area (Å²) in [5.41, 5.74) is 3.01. The molecule has 1 aromatic carbocycles. The molecule has 1 fully saturated rings. The highest BCUT2D eigenvalue weighted by atomic mass is 16.5. The van der Waals surface area contributed by atoms with Crippen LogP contribution in [0.3, 0.4) is 0 Å². The molecule has 6 heteroatoms. The number of benzene rings is 1. The van der Waals surface area contributed by atoms with Gasteiger partial charge in [0.15, 0.2) is 0 Å². The SMILES string of the molecule is COc1ccc(CN(C(=O)NCc2cc(C(C)(C)C)n[nH]2)C2CC2)cc1. The number of methoxy groups -OCH3 is 1. The zero-order valence-corrected chi connectivity index (χ0v) is 16.0. The van der Waals surface area contributed by atoms with Crippen LogP contribution in [0.4, 0.5) is 4.79 Å². The maximum absolute atomic E-state index is 12.7. The van der Waals surface area contributed by atoms with Crippen molar-refractivity contribution in [2.75, 3.05) is 7.11 Å². The first kappa shape index (κ1) is 18.3. The summed E-state index contributed by atoms with van der Waals surface area (Å²) in [6.45, 7) is 7.42. The van der Waals surface area contributed by atoms with Gasteiger partial charge in [0.25, 0.3) is 0 Å². The number of carbonyl (C=O) groups is 1. The molecule has 3 rings (SSSR count). The fraction of sp³-hybridized carbons (Fsp3) is 0.500. The van der Waals surface area contributed by atoms with Crippen LogP contribution in [0, 0.1) is 0 Å². The molecule has 0 bridgehead atoms. The van der Waals surface area contributed by atoms with Crippen molar-refractivity contribution in [3.8, 4) is 5.75 Å². The van der Waals surface area contributed by atoms with Gasteiger partial charge in [-0.05, 0) is 36.6 Å². The first-order valence-electron chi connectivity index (χ1n) is 9.09. The Kier molecular flexibility index (Phi) is 5.20. The van der Waals surface area contributed by atoms with E-state index in [2.05, 4.69) is 36.3 Å². The molecular weight excluding hydrogens is 328 g/mol. The third-order valence-electron chi connectivity index (χ3n) is 4.59. The van der Waals surface area contributed by atoms with Crippen LogP contribution in [0.15, 0.2) is 30.3 Å². The third kappa shape index (κ3) is 4.56. The predicted molar refractivity (Wildman–Crippen MR) is 101 cm³/mol. The van der Waals surface area contributed by atoms with Gasteiger partial charge in [-0.1, -0.05) is 32.9 Å². The lowest BCUT2D eigenvalue weighted by Gasteiger charge is -2.23. The van der Waals surface area contributed by atoms with Crippen LogP contribution >= 0.6 is 0 Å². The van der Waals surface area contributed by atoms with E-state index in [1.165, 1.54) is 0 Å². The molecule has 2 aromatic rings. The Morgan fingerprint density at radius 3 is 2.54 bits per heavy atom. The van der Waals surface area contributed by atoms with E-state index in [0.29, 0.717) is 19.1 Å². The molecule has 2 amide bonds. The first-order chi connectivity index (χ1) is 12.4. The van der Waals surface area contributed by atoms with E-state index in [9.17, 15) is 4.79 Å². The minimum atomic E-state index is -0.0322. The third-order valence-corrected chi connectivity index (χ3v) is 4.59. The molecule has 1 aliphatic rings. The van der Waals surface area contributed by atoms with Crippen LogP contribution in [-0.4, -0.2) is 34.3 Å². The van der Waals surface area contributed by atoms with Crippen LogP contribution < -0.4 is 10.1 Å². The molecule has 1 aliphatic carbocycles. The number of rotatable bonds is 6. The van der Waals surface area contributed by atoms with Crippen LogP contribution in [0.2, 0.25) is 0 Å². The van der Waals surface area contributed by atoms with Gasteiger partial charge in [0, 0.05) is 18.0 Å². The summed E-state index contributed by atoms with van der Waals surface area (Å²) in [7, 11) is 1.65. The number of urea groups is 1. The molecule has 6 nitrogen and oxygen atoms in total. The second-order valence-electron chi connectivity index (χ2n) is 7.89. The van der Waals surface area contributed by atoms with Gasteiger partial charge in [-0.15, -0.1) is 0 Å². The van der Waals surface area contributed by atoms with E-state index in [1.807, 2.05) is 35.2 Å². The summed E-state index contributed by atoms with van der Waals surface area (Å²) in [5, 5.41) is 10.4. The fourth-order valence-corrected chi connectivity index (χ4v) is 2.79. The second kappa shape index (κ2) is 7.40. The summed E-state index contributed by atoms with van der Waals surface area (Å²) < 4.78 is 5.19. The Morgan fingerprint density at radius 2 is 2.00 bits per heavy atom. The molecule has 140 valence electrons. The van der Waals surface area contributed by atoms with Crippen LogP contribution in [0.1, 0.15) is 50.6 Å². The maximum atomic E-state index is 12.7. The lowest BCUT2D eigenvalue weighted by molar-refractivity contribution is 0.191. The molecule has 0 saturated heterocycles. The summed E-state index contributed by atoms with van der Waals surface area (Å²) in [5.74, 6) is 0.824. The van der Waals surface area contributed by atoms with Crippen molar-refractivity contribution in [2.45, 2.75) is 58.2 Å². The van der Waals surface area contributed by atoms with E-state index in [1.54, 1.807) is 7.11 Å². The van der Waals surface area contributed by atoms with Crippen molar-refractivity contribution in [3.63, 3.8) is 0 Å². The Hall–Kier alpha value is -2.50. The zero-order chi connectivity index (χ0) is 18.7. The number of nitrogens with one attached hydrogen (secondary N) is 2. The predicted octanol–water partition coefficient (Wildman–Crippen LogP) is 3.59. The van der Waals surface area contributed by atoms with Gasteiger partial charge in [-0.25, -0.2) is 4.79 Å². The van der Waals surface area contributed by atoms with E-state index >= 15 is 0 Å². The Morgan fingerprint density at radius 1 is 1.31 bits per heavy atom. The summed E-state index contributed by atoms with van der Waals surface area (Å²) in [4.78, 5) is 14.6. The van der Waals surface area contributed by atoms with Gasteiger partial charge in [0.2, 0.25) is 0 Å². The van der Waals surface area contributed by atoms with Gasteiger partial charge in [-0.3, -0.25) is 5.10 Å². The van der Waals surface area contributed by atoms with Gasteiger partial charge < -0.3 is 15.0 Å². The smallest absolute Gasteiger partial charge is 0.318 e. The topological polar surface area (TPSA) is 70.2 Å². The zero-order valence-electron chi connectivity index (χ0n) is 16.0.